The SMILES string of the molecule is Cc1[nH]c2ccccc2c1C(=O)CN1C(=O)NC(C)(c2ccc(F)c(F)c2)C1=O. The Morgan fingerprint density at radius 2 is 1.83 bits per heavy atom. The molecule has 29 heavy (non-hydrogen) atoms. The maximum Gasteiger partial charge on any atom is 0.325 e. The molecule has 0 bridgehead atoms. The largest absolute Gasteiger partial charge is 0.358 e. The molecule has 1 atom stereocenters. The number of Topliss-reactive ketones (excluding diaryl/α,β-unsaturated/α-hetero) is 1. The molecule has 1 aliphatic heterocycles. The predicted molar refractivity (Wildman–Crippen MR) is 101 cm³/mol. The maximum atomic E-state index is 13.6. The number of para-hydroxylation sites is 1. The topological polar surface area (TPSA) is 82.3 Å². The highest BCUT2D eigenvalue weighted by molar-refractivity contribution is 6.15. The summed E-state index contributed by atoms with van der Waals surface area (Å²) in [5.74, 6) is -3.30. The third kappa shape index (κ3) is 2.88. The molecule has 8 heteroatoms. The van der Waals surface area contributed by atoms with Crippen LogP contribution in [-0.4, -0.2) is 34.2 Å². The standard InChI is InChI=1S/C21H17F2N3O3/c1-11-18(13-5-3-4-6-16(13)24-11)17(27)10-26-19(28)21(2,25-20(26)29)12-7-8-14(22)15(23)9-12/h3-9,24H,10H2,1-2H3,(H,25,29). The quantitative estimate of drug-likeness (QED) is 0.523. The first-order valence-electron chi connectivity index (χ1n) is 8.92. The van der Waals surface area contributed by atoms with Crippen LogP contribution in [0.4, 0.5) is 13.6 Å². The van der Waals surface area contributed by atoms with E-state index in [1.165, 1.54) is 13.0 Å². The van der Waals surface area contributed by atoms with Gasteiger partial charge in [0.05, 0.1) is 6.54 Å². The first-order chi connectivity index (χ1) is 13.7. The van der Waals surface area contributed by atoms with E-state index in [-0.39, 0.29) is 5.56 Å². The number of aryl methyl sites for hydroxylation is 1. The Bertz CT molecular complexity index is 1190. The van der Waals surface area contributed by atoms with Crippen molar-refractivity contribution in [2.45, 2.75) is 19.4 Å². The van der Waals surface area contributed by atoms with Crippen molar-refractivity contribution in [2.24, 2.45) is 0 Å². The van der Waals surface area contributed by atoms with Gasteiger partial charge >= 0.3 is 6.03 Å². The predicted octanol–water partition coefficient (Wildman–Crippen LogP) is 3.40. The molecule has 6 nitrogen and oxygen atoms in total. The Kier molecular flexibility index (Phi) is 4.22. The highest BCUT2D eigenvalue weighted by Crippen LogP contribution is 2.30. The molecule has 2 heterocycles. The van der Waals surface area contributed by atoms with Gasteiger partial charge in [-0.05, 0) is 37.6 Å². The van der Waals surface area contributed by atoms with Crippen LogP contribution in [0.25, 0.3) is 10.9 Å². The van der Waals surface area contributed by atoms with E-state index in [1.54, 1.807) is 19.1 Å². The summed E-state index contributed by atoms with van der Waals surface area (Å²) in [7, 11) is 0. The molecule has 1 aromatic heterocycles. The van der Waals surface area contributed by atoms with Crippen LogP contribution in [0.3, 0.4) is 0 Å². The number of nitrogens with zero attached hydrogens (tertiary/aromatic N) is 1. The number of H-pyrrole nitrogens is 1. The molecule has 0 aliphatic carbocycles. The van der Waals surface area contributed by atoms with Crippen LogP contribution in [0.5, 0.6) is 0 Å². The van der Waals surface area contributed by atoms with Crippen molar-refractivity contribution in [1.29, 1.82) is 0 Å². The van der Waals surface area contributed by atoms with Crippen LogP contribution < -0.4 is 5.32 Å². The summed E-state index contributed by atoms with van der Waals surface area (Å²) in [4.78, 5) is 42.2. The summed E-state index contributed by atoms with van der Waals surface area (Å²) in [6, 6.07) is 9.44. The highest BCUT2D eigenvalue weighted by atomic mass is 19.2. The number of nitrogens with one attached hydrogen (secondary N) is 2. The van der Waals surface area contributed by atoms with Crippen molar-refractivity contribution in [3.63, 3.8) is 0 Å². The fourth-order valence-corrected chi connectivity index (χ4v) is 3.70. The number of ketones is 1. The summed E-state index contributed by atoms with van der Waals surface area (Å²) in [5.41, 5.74) is 0.306. The van der Waals surface area contributed by atoms with Gasteiger partial charge in [0.2, 0.25) is 0 Å². The number of aromatic nitrogens is 1. The number of amides is 3. The van der Waals surface area contributed by atoms with Gasteiger partial charge in [-0.1, -0.05) is 24.3 Å². The summed E-state index contributed by atoms with van der Waals surface area (Å²) >= 11 is 0. The van der Waals surface area contributed by atoms with Gasteiger partial charge in [0.25, 0.3) is 5.91 Å². The van der Waals surface area contributed by atoms with Gasteiger partial charge in [0.1, 0.15) is 5.54 Å². The Morgan fingerprint density at radius 1 is 1.10 bits per heavy atom. The number of fused-ring (bicyclic) bond motifs is 1. The van der Waals surface area contributed by atoms with E-state index >= 15 is 0 Å². The van der Waals surface area contributed by atoms with Gasteiger partial charge in [0, 0.05) is 22.2 Å². The fourth-order valence-electron chi connectivity index (χ4n) is 3.70. The van der Waals surface area contributed by atoms with Crippen LogP contribution in [-0.2, 0) is 10.3 Å². The number of urea groups is 1. The van der Waals surface area contributed by atoms with E-state index < -0.39 is 41.4 Å². The third-order valence-corrected chi connectivity index (χ3v) is 5.25. The molecular formula is C21H17F2N3O3. The van der Waals surface area contributed by atoms with Gasteiger partial charge in [-0.2, -0.15) is 0 Å². The van der Waals surface area contributed by atoms with Gasteiger partial charge in [-0.3, -0.25) is 14.5 Å². The number of carbonyl (C=O) groups excluding carboxylic acids is 3. The molecule has 0 radical (unpaired) electrons. The zero-order valence-corrected chi connectivity index (χ0v) is 15.7. The molecule has 0 saturated carbocycles. The van der Waals surface area contributed by atoms with Crippen LogP contribution >= 0.6 is 0 Å². The van der Waals surface area contributed by atoms with Crippen LogP contribution in [0.1, 0.15) is 28.5 Å². The van der Waals surface area contributed by atoms with Crippen molar-refractivity contribution in [1.82, 2.24) is 15.2 Å². The number of hydrogen-bond donors (Lipinski definition) is 2. The highest BCUT2D eigenvalue weighted by Gasteiger charge is 2.49. The van der Waals surface area contributed by atoms with Crippen molar-refractivity contribution >= 4 is 28.6 Å². The lowest BCUT2D eigenvalue weighted by Gasteiger charge is -2.22. The molecule has 2 aromatic carbocycles. The van der Waals surface area contributed by atoms with E-state index in [4.69, 9.17) is 0 Å². The lowest BCUT2D eigenvalue weighted by Crippen LogP contribution is -2.41. The fraction of sp³-hybridized carbons (Fsp3) is 0.190. The Balaban J connectivity index is 1.65. The van der Waals surface area contributed by atoms with Crippen LogP contribution in [0, 0.1) is 18.6 Å². The molecule has 1 fully saturated rings. The second-order valence-corrected chi connectivity index (χ2v) is 7.17. The van der Waals surface area contributed by atoms with Gasteiger partial charge in [0.15, 0.2) is 17.4 Å². The molecule has 1 saturated heterocycles. The lowest BCUT2D eigenvalue weighted by molar-refractivity contribution is -0.130. The second-order valence-electron chi connectivity index (χ2n) is 7.17. The number of rotatable bonds is 4. The van der Waals surface area contributed by atoms with E-state index in [0.717, 1.165) is 22.5 Å². The number of benzene rings is 2. The maximum absolute atomic E-state index is 13.6. The van der Waals surface area contributed by atoms with E-state index in [0.29, 0.717) is 16.6 Å². The Morgan fingerprint density at radius 3 is 2.55 bits per heavy atom. The lowest BCUT2D eigenvalue weighted by atomic mass is 9.92. The molecule has 4 rings (SSSR count). The molecule has 3 aromatic rings. The van der Waals surface area contributed by atoms with E-state index in [9.17, 15) is 23.2 Å². The first kappa shape index (κ1) is 18.8. The smallest absolute Gasteiger partial charge is 0.325 e. The summed E-state index contributed by atoms with van der Waals surface area (Å²) < 4.78 is 26.9. The minimum absolute atomic E-state index is 0.0907. The summed E-state index contributed by atoms with van der Waals surface area (Å²) in [6.07, 6.45) is 0. The summed E-state index contributed by atoms with van der Waals surface area (Å²) in [5, 5.41) is 3.18. The number of halogens is 2. The molecule has 0 spiro atoms. The number of imide groups is 1. The monoisotopic (exact) mass is 397 g/mol. The molecule has 3 amide bonds. The average molecular weight is 397 g/mol. The second kappa shape index (κ2) is 6.51. The van der Waals surface area contributed by atoms with Crippen LogP contribution in [0.2, 0.25) is 0 Å². The Labute approximate surface area is 164 Å². The van der Waals surface area contributed by atoms with E-state index in [1.807, 2.05) is 12.1 Å². The van der Waals surface area contributed by atoms with Crippen molar-refractivity contribution < 1.29 is 23.2 Å². The van der Waals surface area contributed by atoms with Gasteiger partial charge in [-0.15, -0.1) is 0 Å². The first-order valence-corrected chi connectivity index (χ1v) is 8.92. The normalized spacial score (nSPS) is 19.1. The number of carbonyl (C=O) groups is 3. The Hall–Kier alpha value is -3.55. The molecule has 1 aliphatic rings. The number of hydrogen-bond acceptors (Lipinski definition) is 3. The average Bonchev–Trinajstić information content (AvgIpc) is 3.12. The molecule has 1 unspecified atom stereocenters. The van der Waals surface area contributed by atoms with Crippen LogP contribution in [0.15, 0.2) is 42.5 Å². The molecule has 148 valence electrons. The van der Waals surface area contributed by atoms with Gasteiger partial charge < -0.3 is 10.3 Å². The minimum atomic E-state index is -1.60. The van der Waals surface area contributed by atoms with Crippen molar-refractivity contribution in [2.75, 3.05) is 6.54 Å². The minimum Gasteiger partial charge on any atom is -0.358 e. The molecule has 2 N–H and O–H groups in total. The zero-order valence-electron chi connectivity index (χ0n) is 15.7. The summed E-state index contributed by atoms with van der Waals surface area (Å²) in [6.45, 7) is 2.67. The molecular weight excluding hydrogens is 380 g/mol. The van der Waals surface area contributed by atoms with Crippen molar-refractivity contribution in [3.8, 4) is 0 Å². The van der Waals surface area contributed by atoms with E-state index in [2.05, 4.69) is 10.3 Å². The third-order valence-electron chi connectivity index (χ3n) is 5.25. The number of aromatic amines is 1. The van der Waals surface area contributed by atoms with Crippen molar-refractivity contribution in [3.05, 3.63) is 70.9 Å². The van der Waals surface area contributed by atoms with Gasteiger partial charge in [-0.25, -0.2) is 13.6 Å². The zero-order chi connectivity index (χ0) is 20.9.